The van der Waals surface area contributed by atoms with Crippen molar-refractivity contribution in [3.63, 3.8) is 0 Å². The van der Waals surface area contributed by atoms with E-state index < -0.39 is 0 Å². The van der Waals surface area contributed by atoms with Gasteiger partial charge in [-0.25, -0.2) is 0 Å². The molecule has 3 nitrogen and oxygen atoms in total. The lowest BCUT2D eigenvalue weighted by Gasteiger charge is -2.33. The van der Waals surface area contributed by atoms with Gasteiger partial charge in [0.25, 0.3) is 0 Å². The van der Waals surface area contributed by atoms with Crippen molar-refractivity contribution in [2.24, 2.45) is 0 Å². The van der Waals surface area contributed by atoms with Crippen LogP contribution in [-0.2, 0) is 11.8 Å². The summed E-state index contributed by atoms with van der Waals surface area (Å²) in [4.78, 5) is 4.90. The van der Waals surface area contributed by atoms with Gasteiger partial charge in [0.1, 0.15) is 11.2 Å². The third-order valence-corrected chi connectivity index (χ3v) is 14.4. The van der Waals surface area contributed by atoms with Crippen molar-refractivity contribution in [3.05, 3.63) is 242 Å². The second-order valence-corrected chi connectivity index (χ2v) is 18.5. The van der Waals surface area contributed by atoms with Gasteiger partial charge >= 0.3 is 0 Å². The zero-order chi connectivity index (χ0) is 44.8. The van der Waals surface area contributed by atoms with E-state index in [0.29, 0.717) is 0 Å². The molecule has 0 atom stereocenters. The molecule has 318 valence electrons. The average Bonchev–Trinajstić information content (AvgIpc) is 3.77. The van der Waals surface area contributed by atoms with Crippen LogP contribution in [-0.4, -0.2) is 0 Å². The molecule has 11 aromatic carbocycles. The highest BCUT2D eigenvalue weighted by Crippen LogP contribution is 2.51. The van der Waals surface area contributed by atoms with Gasteiger partial charge in [-0.15, -0.1) is 0 Å². The van der Waals surface area contributed by atoms with Crippen molar-refractivity contribution in [1.29, 1.82) is 0 Å². The molecule has 0 spiro atoms. The van der Waals surface area contributed by atoms with Crippen LogP contribution in [0, 0.1) is 0 Å². The second kappa shape index (κ2) is 15.1. The van der Waals surface area contributed by atoms with Crippen LogP contribution < -0.4 is 9.80 Å². The molecule has 0 bridgehead atoms. The second-order valence-electron chi connectivity index (χ2n) is 18.5. The van der Waals surface area contributed by atoms with Crippen molar-refractivity contribution >= 4 is 99.2 Å². The van der Waals surface area contributed by atoms with Gasteiger partial charge in [-0.3, -0.25) is 0 Å². The number of rotatable bonds is 7. The number of hydrogen-bond donors (Lipinski definition) is 0. The first-order valence-corrected chi connectivity index (χ1v) is 23.2. The Morgan fingerprint density at radius 1 is 0.463 bits per heavy atom. The fourth-order valence-electron chi connectivity index (χ4n) is 11.0. The zero-order valence-electron chi connectivity index (χ0n) is 37.5. The Balaban J connectivity index is 1.07. The minimum atomic E-state index is -0.309. The van der Waals surface area contributed by atoms with Gasteiger partial charge < -0.3 is 14.2 Å². The third kappa shape index (κ3) is 6.12. The summed E-state index contributed by atoms with van der Waals surface area (Å²) in [7, 11) is 0. The maximum Gasteiger partial charge on any atom is 0.138 e. The van der Waals surface area contributed by atoms with Gasteiger partial charge in [0.05, 0.1) is 22.7 Å². The molecule has 1 aliphatic rings. The molecule has 0 saturated heterocycles. The number of fused-ring (bicyclic) bond motifs is 1. The SMILES string of the molecule is C=C1/C=C\C=C/Cc2ccc(N(c3cc4ccc5cccc6oc(c3)c4c56)c3ccc4ccc5c(N(c6ccccc6)c6ccccc6-c6ccccc6)ccc6ccc3c4c65)cc2C1(C)C. The fraction of sp³-hybridized carbons (Fsp3) is 0.0625. The minimum Gasteiger partial charge on any atom is -0.456 e. The van der Waals surface area contributed by atoms with Crippen LogP contribution in [0.4, 0.5) is 34.1 Å². The van der Waals surface area contributed by atoms with Gasteiger partial charge in [-0.2, -0.15) is 0 Å². The molecule has 13 rings (SSSR count). The van der Waals surface area contributed by atoms with E-state index in [4.69, 9.17) is 4.42 Å². The van der Waals surface area contributed by atoms with E-state index in [1.807, 2.05) is 0 Å². The normalized spacial score (nSPS) is 14.7. The van der Waals surface area contributed by atoms with Crippen molar-refractivity contribution in [2.75, 3.05) is 9.80 Å². The monoisotopic (exact) mass is 858 g/mol. The van der Waals surface area contributed by atoms with Gasteiger partial charge in [0.2, 0.25) is 0 Å². The van der Waals surface area contributed by atoms with E-state index in [-0.39, 0.29) is 5.41 Å². The van der Waals surface area contributed by atoms with Crippen LogP contribution in [0.1, 0.15) is 25.0 Å². The minimum absolute atomic E-state index is 0.309. The van der Waals surface area contributed by atoms with Gasteiger partial charge in [-0.05, 0) is 116 Å². The Hall–Kier alpha value is -8.40. The maximum atomic E-state index is 6.73. The molecule has 0 amide bonds. The van der Waals surface area contributed by atoms with E-state index in [2.05, 4.69) is 249 Å². The molecule has 0 unspecified atom stereocenters. The number of benzene rings is 11. The lowest BCUT2D eigenvalue weighted by molar-refractivity contribution is 0.635. The fourth-order valence-corrected chi connectivity index (χ4v) is 11.0. The number of anilines is 6. The molecular weight excluding hydrogens is 813 g/mol. The summed E-state index contributed by atoms with van der Waals surface area (Å²) in [6.45, 7) is 9.19. The predicted molar refractivity (Wildman–Crippen MR) is 285 cm³/mol. The van der Waals surface area contributed by atoms with Crippen LogP contribution in [0.3, 0.4) is 0 Å². The zero-order valence-corrected chi connectivity index (χ0v) is 37.5. The highest BCUT2D eigenvalue weighted by Gasteiger charge is 2.29. The van der Waals surface area contributed by atoms with Crippen LogP contribution in [0.15, 0.2) is 235 Å². The van der Waals surface area contributed by atoms with Crippen molar-refractivity contribution in [3.8, 4) is 11.1 Å². The summed E-state index contributed by atoms with van der Waals surface area (Å²) in [5, 5.41) is 12.0. The molecule has 0 radical (unpaired) electrons. The Kier molecular flexibility index (Phi) is 8.78. The Labute approximate surface area is 390 Å². The highest BCUT2D eigenvalue weighted by molar-refractivity contribution is 6.29. The summed E-state index contributed by atoms with van der Waals surface area (Å²) in [5.41, 5.74) is 14.1. The van der Waals surface area contributed by atoms with Crippen LogP contribution >= 0.6 is 0 Å². The molecule has 3 heteroatoms. The summed E-state index contributed by atoms with van der Waals surface area (Å²) < 4.78 is 6.73. The molecule has 1 heterocycles. The summed E-state index contributed by atoms with van der Waals surface area (Å²) in [5.74, 6) is 0. The first kappa shape index (κ1) is 39.0. The van der Waals surface area contributed by atoms with Crippen LogP contribution in [0.2, 0.25) is 0 Å². The number of allylic oxidation sites excluding steroid dienone is 5. The van der Waals surface area contributed by atoms with Gasteiger partial charge in [0, 0.05) is 50.0 Å². The standard InChI is InChI=1S/C64H46N2O/c1-41-16-7-4-10-19-43-28-33-49(39-54(43)64(41,2)3)65(50-38-47-27-26-44-20-15-25-58-62(44)63(47)59(40-50)67-58)56-36-31-45-30-35-53-57(37-32-46-29-34-52(56)60(45)61(46)53)66(48-21-11-6-12-22-48)55-24-14-13-23-51(55)42-17-8-5-9-18-42/h4-18,20-40H,1,19H2,2-3H3/b10-4-,16-7-. The lowest BCUT2D eigenvalue weighted by Crippen LogP contribution is -2.22. The van der Waals surface area contributed by atoms with Crippen LogP contribution in [0.25, 0.3) is 76.2 Å². The number of furan rings is 1. The van der Waals surface area contributed by atoms with E-state index in [1.54, 1.807) is 0 Å². The molecule has 12 aromatic rings. The lowest BCUT2D eigenvalue weighted by atomic mass is 9.75. The Morgan fingerprint density at radius 2 is 1.10 bits per heavy atom. The maximum absolute atomic E-state index is 6.73. The highest BCUT2D eigenvalue weighted by atomic mass is 16.3. The molecule has 1 aromatic heterocycles. The van der Waals surface area contributed by atoms with Gasteiger partial charge in [0.15, 0.2) is 0 Å². The quantitative estimate of drug-likeness (QED) is 0.149. The summed E-state index contributed by atoms with van der Waals surface area (Å²) in [6, 6.07) is 71.2. The molecule has 0 N–H and O–H groups in total. The Bertz CT molecular complexity index is 3950. The largest absolute Gasteiger partial charge is 0.456 e. The summed E-state index contributed by atoms with van der Waals surface area (Å²) >= 11 is 0. The Morgan fingerprint density at radius 3 is 1.88 bits per heavy atom. The van der Waals surface area contributed by atoms with Crippen molar-refractivity contribution in [1.82, 2.24) is 0 Å². The third-order valence-electron chi connectivity index (χ3n) is 14.4. The molecule has 67 heavy (non-hydrogen) atoms. The number of para-hydroxylation sites is 2. The van der Waals surface area contributed by atoms with Crippen molar-refractivity contribution < 1.29 is 4.42 Å². The predicted octanol–water partition coefficient (Wildman–Crippen LogP) is 18.2. The molecule has 0 saturated carbocycles. The van der Waals surface area contributed by atoms with E-state index in [0.717, 1.165) is 62.7 Å². The first-order chi connectivity index (χ1) is 32.9. The smallest absolute Gasteiger partial charge is 0.138 e. The van der Waals surface area contributed by atoms with Crippen molar-refractivity contribution in [2.45, 2.75) is 25.7 Å². The molecular formula is C64H46N2O. The van der Waals surface area contributed by atoms with Gasteiger partial charge in [-0.1, -0.05) is 178 Å². The topological polar surface area (TPSA) is 19.6 Å². The van der Waals surface area contributed by atoms with E-state index >= 15 is 0 Å². The molecule has 0 fully saturated rings. The number of nitrogens with zero attached hydrogens (tertiary/aromatic N) is 2. The molecule has 0 aliphatic heterocycles. The molecule has 1 aliphatic carbocycles. The first-order valence-electron chi connectivity index (χ1n) is 23.2. The summed E-state index contributed by atoms with van der Waals surface area (Å²) in [6.07, 6.45) is 9.51. The van der Waals surface area contributed by atoms with E-state index in [9.17, 15) is 0 Å². The average molecular weight is 859 g/mol. The number of hydrogen-bond acceptors (Lipinski definition) is 3. The van der Waals surface area contributed by atoms with E-state index in [1.165, 1.54) is 70.7 Å². The van der Waals surface area contributed by atoms with Crippen LogP contribution in [0.5, 0.6) is 0 Å².